The van der Waals surface area contributed by atoms with E-state index in [2.05, 4.69) is 5.16 Å². The van der Waals surface area contributed by atoms with Gasteiger partial charge in [0.25, 0.3) is 0 Å². The molecule has 1 aromatic rings. The molecule has 0 saturated carbocycles. The first-order chi connectivity index (χ1) is 11.0. The Kier molecular flexibility index (Phi) is 5.79. The summed E-state index contributed by atoms with van der Waals surface area (Å²) < 4.78 is 5.29. The second-order valence-electron chi connectivity index (χ2n) is 6.19. The van der Waals surface area contributed by atoms with Gasteiger partial charge in [0.1, 0.15) is 18.0 Å². The molecule has 5 heteroatoms. The number of ether oxygens (including phenoxy) is 1. The summed E-state index contributed by atoms with van der Waals surface area (Å²) in [6, 6.07) is 9.80. The molecule has 0 saturated heterocycles. The molecule has 0 aliphatic carbocycles. The van der Waals surface area contributed by atoms with E-state index in [1.165, 1.54) is 0 Å². The fourth-order valence-corrected chi connectivity index (χ4v) is 2.38. The van der Waals surface area contributed by atoms with Crippen LogP contribution in [-0.2, 0) is 21.0 Å². The van der Waals surface area contributed by atoms with Crippen molar-refractivity contribution in [2.24, 2.45) is 5.16 Å². The molecule has 0 spiro atoms. The Morgan fingerprint density at radius 1 is 1.35 bits per heavy atom. The first kappa shape index (κ1) is 17.1. The van der Waals surface area contributed by atoms with E-state index in [1.54, 1.807) is 20.1 Å². The zero-order chi connectivity index (χ0) is 16.7. The number of aliphatic hydroxyl groups excluding tert-OH is 1. The van der Waals surface area contributed by atoms with Crippen molar-refractivity contribution >= 4 is 12.2 Å². The first-order valence-electron chi connectivity index (χ1n) is 7.80. The van der Waals surface area contributed by atoms with Crippen molar-refractivity contribution in [1.82, 2.24) is 0 Å². The summed E-state index contributed by atoms with van der Waals surface area (Å²) in [5.74, 6) is -0.278. The predicted octanol–water partition coefficient (Wildman–Crippen LogP) is 3.90. The summed E-state index contributed by atoms with van der Waals surface area (Å²) in [7, 11) is 0. The third-order valence-corrected chi connectivity index (χ3v) is 3.54. The van der Waals surface area contributed by atoms with E-state index in [0.29, 0.717) is 37.9 Å². The van der Waals surface area contributed by atoms with Crippen LogP contribution in [0.2, 0.25) is 0 Å². The molecule has 2 rings (SSSR count). The molecule has 1 N–H and O–H groups in total. The number of hydrogen-bond donors (Lipinski definition) is 1. The summed E-state index contributed by atoms with van der Waals surface area (Å²) in [5.41, 5.74) is 0.812. The van der Waals surface area contributed by atoms with Crippen molar-refractivity contribution in [3.63, 3.8) is 0 Å². The van der Waals surface area contributed by atoms with Gasteiger partial charge >= 0.3 is 5.97 Å². The van der Waals surface area contributed by atoms with Crippen LogP contribution in [0.4, 0.5) is 0 Å². The minimum Gasteiger partial charge on any atom is -0.512 e. The summed E-state index contributed by atoms with van der Waals surface area (Å²) in [5, 5.41) is 13.9. The van der Waals surface area contributed by atoms with Gasteiger partial charge in [0.15, 0.2) is 0 Å². The number of carbonyl (C=O) groups is 1. The van der Waals surface area contributed by atoms with Crippen molar-refractivity contribution in [2.45, 2.75) is 51.7 Å². The molecule has 23 heavy (non-hydrogen) atoms. The number of carbonyl (C=O) groups excluding carboxylic acids is 1. The van der Waals surface area contributed by atoms with Gasteiger partial charge in [-0.3, -0.25) is 0 Å². The minimum atomic E-state index is -0.628. The molecule has 1 heterocycles. The molecule has 1 aliphatic heterocycles. The smallest absolute Gasteiger partial charge is 0.337 e. The summed E-state index contributed by atoms with van der Waals surface area (Å²) >= 11 is 0. The number of esters is 1. The zero-order valence-electron chi connectivity index (χ0n) is 13.6. The lowest BCUT2D eigenvalue weighted by molar-refractivity contribution is -0.155. The highest BCUT2D eigenvalue weighted by atomic mass is 16.6. The molecular weight excluding hydrogens is 294 g/mol. The predicted molar refractivity (Wildman–Crippen MR) is 88.0 cm³/mol. The van der Waals surface area contributed by atoms with Crippen molar-refractivity contribution in [1.29, 1.82) is 0 Å². The Balaban J connectivity index is 1.69. The van der Waals surface area contributed by atoms with E-state index in [4.69, 9.17) is 9.57 Å². The lowest BCUT2D eigenvalue weighted by Crippen LogP contribution is -2.34. The summed E-state index contributed by atoms with van der Waals surface area (Å²) in [4.78, 5) is 17.0. The topological polar surface area (TPSA) is 68.1 Å². The van der Waals surface area contributed by atoms with Crippen LogP contribution in [0.25, 0.3) is 0 Å². The Morgan fingerprint density at radius 3 is 2.78 bits per heavy atom. The van der Waals surface area contributed by atoms with Crippen molar-refractivity contribution in [3.8, 4) is 0 Å². The molecule has 0 unspecified atom stereocenters. The molecule has 1 aliphatic rings. The van der Waals surface area contributed by atoms with Crippen LogP contribution >= 0.6 is 0 Å². The highest BCUT2D eigenvalue weighted by molar-refractivity contribution is 5.90. The molecular formula is C18H23NO4. The second kappa shape index (κ2) is 7.81. The largest absolute Gasteiger partial charge is 0.512 e. The van der Waals surface area contributed by atoms with Gasteiger partial charge in [0, 0.05) is 12.6 Å². The maximum Gasteiger partial charge on any atom is 0.337 e. The summed E-state index contributed by atoms with van der Waals surface area (Å²) in [6.07, 6.45) is 3.89. The molecule has 0 amide bonds. The molecule has 124 valence electrons. The normalized spacial score (nSPS) is 17.4. The van der Waals surface area contributed by atoms with Gasteiger partial charge in [-0.2, -0.15) is 0 Å². The Hall–Kier alpha value is -2.30. The van der Waals surface area contributed by atoms with Gasteiger partial charge in [-0.15, -0.1) is 0 Å². The lowest BCUT2D eigenvalue weighted by atomic mass is 9.95. The zero-order valence-corrected chi connectivity index (χ0v) is 13.6. The van der Waals surface area contributed by atoms with Crippen molar-refractivity contribution in [3.05, 3.63) is 47.2 Å². The third kappa shape index (κ3) is 5.43. The first-order valence-corrected chi connectivity index (χ1v) is 7.80. The number of unbranched alkanes of at least 4 members (excludes halogenated alkanes) is 1. The number of cyclic esters (lactones) is 1. The van der Waals surface area contributed by atoms with Crippen molar-refractivity contribution in [2.75, 3.05) is 0 Å². The van der Waals surface area contributed by atoms with E-state index < -0.39 is 11.6 Å². The highest BCUT2D eigenvalue weighted by Crippen LogP contribution is 2.30. The molecule has 0 aromatic heterocycles. The molecule has 0 atom stereocenters. The van der Waals surface area contributed by atoms with E-state index in [-0.39, 0.29) is 5.76 Å². The Labute approximate surface area is 136 Å². The third-order valence-electron chi connectivity index (χ3n) is 3.54. The molecule has 0 bridgehead atoms. The van der Waals surface area contributed by atoms with E-state index >= 15 is 0 Å². The monoisotopic (exact) mass is 317 g/mol. The average molecular weight is 317 g/mol. The van der Waals surface area contributed by atoms with E-state index in [1.807, 2.05) is 30.3 Å². The number of nitrogens with zero attached hydrogens (tertiary/aromatic N) is 1. The minimum absolute atomic E-state index is 0.142. The number of hydrogen-bond acceptors (Lipinski definition) is 5. The number of rotatable bonds is 7. The van der Waals surface area contributed by atoms with Crippen molar-refractivity contribution < 1.29 is 19.5 Å². The van der Waals surface area contributed by atoms with Crippen LogP contribution in [0.3, 0.4) is 0 Å². The molecule has 1 aromatic carbocycles. The molecule has 5 nitrogen and oxygen atoms in total. The molecule has 0 radical (unpaired) electrons. The fourth-order valence-electron chi connectivity index (χ4n) is 2.38. The number of oxime groups is 1. The maximum atomic E-state index is 11.8. The van der Waals surface area contributed by atoms with Gasteiger partial charge in [-0.25, -0.2) is 4.79 Å². The number of aliphatic hydroxyl groups is 1. The lowest BCUT2D eigenvalue weighted by Gasteiger charge is -2.30. The van der Waals surface area contributed by atoms with Crippen LogP contribution in [0.15, 0.2) is 46.8 Å². The van der Waals surface area contributed by atoms with Crippen LogP contribution in [-0.4, -0.2) is 22.9 Å². The van der Waals surface area contributed by atoms with Gasteiger partial charge < -0.3 is 14.7 Å². The standard InChI is InChI=1S/C18H23NO4/c1-18(2)12-16(20)15(17(21)23-18)10-6-7-11-19-22-13-14-8-4-3-5-9-14/h3-5,8-9,11,20H,6-7,10,12-13H2,1-2H3. The summed E-state index contributed by atoms with van der Waals surface area (Å²) in [6.45, 7) is 4.01. The SMILES string of the molecule is CC1(C)CC(O)=C(CCCC=NOCc2ccccc2)C(=O)O1. The maximum absolute atomic E-state index is 11.8. The van der Waals surface area contributed by atoms with Gasteiger partial charge in [-0.05, 0) is 38.7 Å². The van der Waals surface area contributed by atoms with Gasteiger partial charge in [0.2, 0.25) is 0 Å². The van der Waals surface area contributed by atoms with E-state index in [0.717, 1.165) is 5.56 Å². The van der Waals surface area contributed by atoms with Gasteiger partial charge in [-0.1, -0.05) is 35.5 Å². The van der Waals surface area contributed by atoms with Crippen LogP contribution in [0, 0.1) is 0 Å². The van der Waals surface area contributed by atoms with Crippen LogP contribution < -0.4 is 0 Å². The second-order valence-corrected chi connectivity index (χ2v) is 6.19. The van der Waals surface area contributed by atoms with Crippen LogP contribution in [0.1, 0.15) is 45.1 Å². The fraction of sp³-hybridized carbons (Fsp3) is 0.444. The Morgan fingerprint density at radius 2 is 2.09 bits per heavy atom. The van der Waals surface area contributed by atoms with Crippen LogP contribution in [0.5, 0.6) is 0 Å². The average Bonchev–Trinajstić information content (AvgIpc) is 2.48. The molecule has 0 fully saturated rings. The number of benzene rings is 1. The van der Waals surface area contributed by atoms with Gasteiger partial charge in [0.05, 0.1) is 5.57 Å². The Bertz CT molecular complexity index is 590. The highest BCUT2D eigenvalue weighted by Gasteiger charge is 2.33. The quantitative estimate of drug-likeness (QED) is 0.358. The van der Waals surface area contributed by atoms with E-state index in [9.17, 15) is 9.90 Å².